The summed E-state index contributed by atoms with van der Waals surface area (Å²) in [5.41, 5.74) is 0.267. The molecule has 1 N–H and O–H groups in total. The van der Waals surface area contributed by atoms with Crippen molar-refractivity contribution < 1.29 is 29.0 Å². The van der Waals surface area contributed by atoms with E-state index in [-0.39, 0.29) is 43.4 Å². The van der Waals surface area contributed by atoms with Gasteiger partial charge in [-0.3, -0.25) is 14.4 Å². The number of aliphatic hydroxyl groups excluding tert-OH is 1. The molecule has 9 nitrogen and oxygen atoms in total. The molecule has 0 radical (unpaired) electrons. The van der Waals surface area contributed by atoms with Gasteiger partial charge in [0.2, 0.25) is 5.91 Å². The standard InChI is InChI=1S/C22H24ClN3O6/c1-31-20(28)13-25-9-10-26(21(29)15-7-8-19(23)24-12-15)18(22(25)30)11-16(27)14-32-17-5-3-2-4-6-17/h2-8,12,16,18,27H,9-11,13-14H2,1H3. The van der Waals surface area contributed by atoms with Gasteiger partial charge in [0.05, 0.1) is 18.8 Å². The Kier molecular flexibility index (Phi) is 8.02. The molecule has 0 bridgehead atoms. The third kappa shape index (κ3) is 5.95. The van der Waals surface area contributed by atoms with Crippen LogP contribution in [0, 0.1) is 0 Å². The van der Waals surface area contributed by atoms with Crippen LogP contribution in [0.25, 0.3) is 0 Å². The van der Waals surface area contributed by atoms with E-state index in [2.05, 4.69) is 9.72 Å². The van der Waals surface area contributed by atoms with Crippen LogP contribution < -0.4 is 4.74 Å². The molecule has 1 aliphatic rings. The Hall–Kier alpha value is -3.17. The maximum Gasteiger partial charge on any atom is 0.325 e. The second-order valence-electron chi connectivity index (χ2n) is 7.23. The molecule has 2 atom stereocenters. The third-order valence-electron chi connectivity index (χ3n) is 5.05. The number of nitrogens with zero attached hydrogens (tertiary/aromatic N) is 3. The Morgan fingerprint density at radius 1 is 1.22 bits per heavy atom. The number of benzene rings is 1. The van der Waals surface area contributed by atoms with E-state index in [0.29, 0.717) is 5.75 Å². The molecular weight excluding hydrogens is 438 g/mol. The SMILES string of the molecule is COC(=O)CN1CCN(C(=O)c2ccc(Cl)nc2)C(CC(O)COc2ccccc2)C1=O. The van der Waals surface area contributed by atoms with Gasteiger partial charge in [0.1, 0.15) is 30.1 Å². The smallest absolute Gasteiger partial charge is 0.325 e. The van der Waals surface area contributed by atoms with Crippen LogP contribution in [0.2, 0.25) is 5.15 Å². The lowest BCUT2D eigenvalue weighted by molar-refractivity contribution is -0.151. The molecule has 1 aliphatic heterocycles. The van der Waals surface area contributed by atoms with Crippen molar-refractivity contribution in [3.63, 3.8) is 0 Å². The molecule has 32 heavy (non-hydrogen) atoms. The summed E-state index contributed by atoms with van der Waals surface area (Å²) < 4.78 is 10.2. The van der Waals surface area contributed by atoms with Gasteiger partial charge < -0.3 is 24.4 Å². The molecular formula is C22H24ClN3O6. The Bertz CT molecular complexity index is 940. The monoisotopic (exact) mass is 461 g/mol. The number of aliphatic hydroxyl groups is 1. The average molecular weight is 462 g/mol. The highest BCUT2D eigenvalue weighted by Gasteiger charge is 2.39. The quantitative estimate of drug-likeness (QED) is 0.467. The van der Waals surface area contributed by atoms with Crippen LogP contribution in [0.1, 0.15) is 16.8 Å². The van der Waals surface area contributed by atoms with E-state index in [1.807, 2.05) is 6.07 Å². The second kappa shape index (κ2) is 10.9. The van der Waals surface area contributed by atoms with Crippen LogP contribution in [-0.4, -0.2) is 83.2 Å². The minimum absolute atomic E-state index is 0.0594. The largest absolute Gasteiger partial charge is 0.491 e. The first-order valence-electron chi connectivity index (χ1n) is 10.0. The lowest BCUT2D eigenvalue weighted by atomic mass is 10.0. The fourth-order valence-corrected chi connectivity index (χ4v) is 3.50. The van der Waals surface area contributed by atoms with Gasteiger partial charge in [-0.1, -0.05) is 29.8 Å². The molecule has 2 aromatic rings. The first kappa shape index (κ1) is 23.5. The molecule has 10 heteroatoms. The van der Waals surface area contributed by atoms with E-state index in [0.717, 1.165) is 0 Å². The number of amides is 2. The van der Waals surface area contributed by atoms with Crippen LogP contribution in [0.5, 0.6) is 5.75 Å². The summed E-state index contributed by atoms with van der Waals surface area (Å²) in [6, 6.07) is 11.0. The molecule has 0 spiro atoms. The van der Waals surface area contributed by atoms with Gasteiger partial charge >= 0.3 is 5.97 Å². The normalized spacial score (nSPS) is 17.1. The molecule has 170 valence electrons. The average Bonchev–Trinajstić information content (AvgIpc) is 2.81. The molecule has 3 rings (SSSR count). The minimum atomic E-state index is -1.03. The van der Waals surface area contributed by atoms with Crippen LogP contribution in [0.15, 0.2) is 48.7 Å². The molecule has 0 saturated carbocycles. The highest BCUT2D eigenvalue weighted by Crippen LogP contribution is 2.21. The lowest BCUT2D eigenvalue weighted by Crippen LogP contribution is -2.60. The summed E-state index contributed by atoms with van der Waals surface area (Å²) in [5.74, 6) is -0.849. The topological polar surface area (TPSA) is 109 Å². The number of carbonyl (C=O) groups is 3. The number of rotatable bonds is 8. The number of esters is 1. The number of hydrogen-bond acceptors (Lipinski definition) is 7. The molecule has 2 heterocycles. The fraction of sp³-hybridized carbons (Fsp3) is 0.364. The number of para-hydroxylation sites is 1. The van der Waals surface area contributed by atoms with Gasteiger partial charge in [0.25, 0.3) is 5.91 Å². The fourth-order valence-electron chi connectivity index (χ4n) is 3.39. The Balaban J connectivity index is 1.75. The number of aromatic nitrogens is 1. The van der Waals surface area contributed by atoms with Crippen molar-refractivity contribution in [2.45, 2.75) is 18.6 Å². The van der Waals surface area contributed by atoms with Crippen molar-refractivity contribution >= 4 is 29.4 Å². The molecule has 1 aromatic carbocycles. The van der Waals surface area contributed by atoms with Crippen molar-refractivity contribution in [1.29, 1.82) is 0 Å². The van der Waals surface area contributed by atoms with Crippen LogP contribution in [-0.2, 0) is 14.3 Å². The minimum Gasteiger partial charge on any atom is -0.491 e. The summed E-state index contributed by atoms with van der Waals surface area (Å²) in [5, 5.41) is 10.8. The predicted molar refractivity (Wildman–Crippen MR) is 115 cm³/mol. The van der Waals surface area contributed by atoms with E-state index < -0.39 is 29.9 Å². The van der Waals surface area contributed by atoms with Gasteiger partial charge in [-0.05, 0) is 24.3 Å². The van der Waals surface area contributed by atoms with Crippen molar-refractivity contribution in [2.75, 3.05) is 33.4 Å². The number of carbonyl (C=O) groups excluding carboxylic acids is 3. The Labute approximate surface area is 190 Å². The lowest BCUT2D eigenvalue weighted by Gasteiger charge is -2.40. The molecule has 2 amide bonds. The van der Waals surface area contributed by atoms with Gasteiger partial charge in [-0.15, -0.1) is 0 Å². The zero-order valence-electron chi connectivity index (χ0n) is 17.5. The third-order valence-corrected chi connectivity index (χ3v) is 5.27. The summed E-state index contributed by atoms with van der Waals surface area (Å²) in [4.78, 5) is 44.5. The zero-order valence-corrected chi connectivity index (χ0v) is 18.3. The van der Waals surface area contributed by atoms with Crippen LogP contribution in [0.3, 0.4) is 0 Å². The van der Waals surface area contributed by atoms with Gasteiger partial charge in [0, 0.05) is 25.7 Å². The van der Waals surface area contributed by atoms with Gasteiger partial charge in [-0.25, -0.2) is 4.98 Å². The molecule has 0 aliphatic carbocycles. The van der Waals surface area contributed by atoms with E-state index >= 15 is 0 Å². The van der Waals surface area contributed by atoms with E-state index in [1.165, 1.54) is 35.2 Å². The first-order chi connectivity index (χ1) is 15.4. The molecule has 1 saturated heterocycles. The van der Waals surface area contributed by atoms with Crippen molar-refractivity contribution in [3.05, 3.63) is 59.4 Å². The highest BCUT2D eigenvalue weighted by molar-refractivity contribution is 6.29. The van der Waals surface area contributed by atoms with Gasteiger partial charge in [-0.2, -0.15) is 0 Å². The highest BCUT2D eigenvalue weighted by atomic mass is 35.5. The summed E-state index contributed by atoms with van der Waals surface area (Å²) in [6.07, 6.45) is 0.249. The number of hydrogen-bond donors (Lipinski definition) is 1. The van der Waals surface area contributed by atoms with Crippen LogP contribution in [0.4, 0.5) is 0 Å². The van der Waals surface area contributed by atoms with Crippen molar-refractivity contribution in [1.82, 2.24) is 14.8 Å². The van der Waals surface area contributed by atoms with E-state index in [1.54, 1.807) is 24.3 Å². The zero-order chi connectivity index (χ0) is 23.1. The number of piperazine rings is 1. The molecule has 1 fully saturated rings. The van der Waals surface area contributed by atoms with Crippen LogP contribution >= 0.6 is 11.6 Å². The number of halogens is 1. The predicted octanol–water partition coefficient (Wildman–Crippen LogP) is 1.39. The van der Waals surface area contributed by atoms with E-state index in [9.17, 15) is 19.5 Å². The van der Waals surface area contributed by atoms with Crippen molar-refractivity contribution in [3.8, 4) is 5.75 Å². The van der Waals surface area contributed by atoms with Gasteiger partial charge in [0.15, 0.2) is 0 Å². The first-order valence-corrected chi connectivity index (χ1v) is 10.4. The van der Waals surface area contributed by atoms with Crippen molar-refractivity contribution in [2.24, 2.45) is 0 Å². The summed E-state index contributed by atoms with van der Waals surface area (Å²) >= 11 is 5.80. The number of pyridine rings is 1. The maximum absolute atomic E-state index is 13.1. The van der Waals surface area contributed by atoms with E-state index in [4.69, 9.17) is 16.3 Å². The number of ether oxygens (including phenoxy) is 2. The molecule has 2 unspecified atom stereocenters. The second-order valence-corrected chi connectivity index (χ2v) is 7.62. The Morgan fingerprint density at radius 2 is 1.97 bits per heavy atom. The summed E-state index contributed by atoms with van der Waals surface area (Å²) in [7, 11) is 1.24. The Morgan fingerprint density at radius 3 is 2.62 bits per heavy atom. The molecule has 1 aromatic heterocycles. The number of methoxy groups -OCH3 is 1. The summed E-state index contributed by atoms with van der Waals surface area (Å²) in [6.45, 7) is 0.0528. The maximum atomic E-state index is 13.1.